The van der Waals surface area contributed by atoms with Gasteiger partial charge in [-0.2, -0.15) is 11.8 Å². The van der Waals surface area contributed by atoms with Gasteiger partial charge in [0.1, 0.15) is 0 Å². The van der Waals surface area contributed by atoms with E-state index in [4.69, 9.17) is 0 Å². The lowest BCUT2D eigenvalue weighted by Gasteiger charge is -2.28. The molecule has 19 heavy (non-hydrogen) atoms. The minimum absolute atomic E-state index is 0.494. The van der Waals surface area contributed by atoms with Gasteiger partial charge in [-0.25, -0.2) is 0 Å². The van der Waals surface area contributed by atoms with Gasteiger partial charge in [-0.05, 0) is 61.8 Å². The smallest absolute Gasteiger partial charge is 0.0256 e. The van der Waals surface area contributed by atoms with Crippen molar-refractivity contribution in [2.75, 3.05) is 18.8 Å². The third-order valence-electron chi connectivity index (χ3n) is 4.68. The molecule has 0 amide bonds. The molecule has 1 N–H and O–H groups in total. The summed E-state index contributed by atoms with van der Waals surface area (Å²) >= 11 is 2.15. The second-order valence-electron chi connectivity index (χ2n) is 6.32. The fourth-order valence-electron chi connectivity index (χ4n) is 3.55. The Morgan fingerprint density at radius 3 is 3.05 bits per heavy atom. The Morgan fingerprint density at radius 1 is 1.32 bits per heavy atom. The van der Waals surface area contributed by atoms with Crippen LogP contribution in [0, 0.1) is 0 Å². The average Bonchev–Trinajstić information content (AvgIpc) is 2.86. The van der Waals surface area contributed by atoms with Crippen LogP contribution in [0.25, 0.3) is 0 Å². The Labute approximate surface area is 121 Å². The van der Waals surface area contributed by atoms with E-state index in [0.29, 0.717) is 4.75 Å². The van der Waals surface area contributed by atoms with Crippen molar-refractivity contribution in [2.45, 2.75) is 49.7 Å². The highest BCUT2D eigenvalue weighted by atomic mass is 32.2. The van der Waals surface area contributed by atoms with Crippen LogP contribution in [0.1, 0.15) is 49.7 Å². The van der Waals surface area contributed by atoms with E-state index in [2.05, 4.69) is 48.3 Å². The molecule has 104 valence electrons. The van der Waals surface area contributed by atoms with Crippen LogP contribution in [0.3, 0.4) is 0 Å². The molecule has 0 radical (unpaired) electrons. The first-order valence-corrected chi connectivity index (χ1v) is 8.68. The molecule has 0 spiro atoms. The van der Waals surface area contributed by atoms with Crippen LogP contribution in [0.4, 0.5) is 0 Å². The molecular formula is C17H25NS. The Hall–Kier alpha value is -0.470. The van der Waals surface area contributed by atoms with E-state index in [-0.39, 0.29) is 0 Å². The van der Waals surface area contributed by atoms with Gasteiger partial charge in [-0.1, -0.05) is 24.3 Å². The van der Waals surface area contributed by atoms with E-state index in [1.807, 2.05) is 0 Å². The zero-order chi connectivity index (χ0) is 13.1. The van der Waals surface area contributed by atoms with Crippen molar-refractivity contribution in [3.8, 4) is 0 Å². The van der Waals surface area contributed by atoms with Crippen molar-refractivity contribution in [1.29, 1.82) is 0 Å². The van der Waals surface area contributed by atoms with E-state index in [1.54, 1.807) is 11.1 Å². The van der Waals surface area contributed by atoms with Crippen molar-refractivity contribution in [3.05, 3.63) is 35.4 Å². The maximum Gasteiger partial charge on any atom is 0.0256 e. The molecule has 2 aliphatic rings. The molecule has 1 fully saturated rings. The van der Waals surface area contributed by atoms with E-state index in [9.17, 15) is 0 Å². The third kappa shape index (κ3) is 3.17. The lowest BCUT2D eigenvalue weighted by atomic mass is 9.83. The summed E-state index contributed by atoms with van der Waals surface area (Å²) in [5.74, 6) is 2.09. The number of benzene rings is 1. The van der Waals surface area contributed by atoms with E-state index in [1.165, 1.54) is 44.4 Å². The van der Waals surface area contributed by atoms with Gasteiger partial charge >= 0.3 is 0 Å². The van der Waals surface area contributed by atoms with Crippen LogP contribution in [-0.2, 0) is 6.42 Å². The lowest BCUT2D eigenvalue weighted by molar-refractivity contribution is 0.474. The molecule has 1 aromatic rings. The second kappa shape index (κ2) is 5.88. The van der Waals surface area contributed by atoms with Gasteiger partial charge in [0.2, 0.25) is 0 Å². The van der Waals surface area contributed by atoms with Crippen molar-refractivity contribution in [1.82, 2.24) is 5.32 Å². The molecule has 1 aliphatic carbocycles. The Bertz CT molecular complexity index is 423. The largest absolute Gasteiger partial charge is 0.315 e. The van der Waals surface area contributed by atoms with Crippen molar-refractivity contribution >= 4 is 11.8 Å². The standard InChI is InChI=1S/C17H25NS/c1-17(10-5-11-19-17)13-18-12-15-8-4-7-14-6-2-3-9-16(14)15/h2-3,6,9,15,18H,4-5,7-8,10-13H2,1H3. The zero-order valence-electron chi connectivity index (χ0n) is 12.0. The van der Waals surface area contributed by atoms with Crippen LogP contribution < -0.4 is 5.32 Å². The summed E-state index contributed by atoms with van der Waals surface area (Å²) in [7, 11) is 0. The number of hydrogen-bond donors (Lipinski definition) is 1. The van der Waals surface area contributed by atoms with E-state index >= 15 is 0 Å². The minimum atomic E-state index is 0.494. The summed E-state index contributed by atoms with van der Waals surface area (Å²) in [6.45, 7) is 4.76. The molecular weight excluding hydrogens is 250 g/mol. The van der Waals surface area contributed by atoms with Gasteiger partial charge in [-0.15, -0.1) is 0 Å². The summed E-state index contributed by atoms with van der Waals surface area (Å²) in [4.78, 5) is 0. The first-order valence-electron chi connectivity index (χ1n) is 7.69. The topological polar surface area (TPSA) is 12.0 Å². The minimum Gasteiger partial charge on any atom is -0.315 e. The molecule has 1 saturated heterocycles. The van der Waals surface area contributed by atoms with Crippen LogP contribution in [0.15, 0.2) is 24.3 Å². The Balaban J connectivity index is 1.56. The predicted molar refractivity (Wildman–Crippen MR) is 85.1 cm³/mol. The fraction of sp³-hybridized carbons (Fsp3) is 0.647. The molecule has 1 aliphatic heterocycles. The normalized spacial score (nSPS) is 30.3. The molecule has 2 heteroatoms. The summed E-state index contributed by atoms with van der Waals surface area (Å²) in [5.41, 5.74) is 3.19. The number of nitrogens with one attached hydrogen (secondary N) is 1. The highest BCUT2D eigenvalue weighted by Gasteiger charge is 2.29. The predicted octanol–water partition coefficient (Wildman–Crippen LogP) is 3.98. The van der Waals surface area contributed by atoms with Crippen LogP contribution in [-0.4, -0.2) is 23.6 Å². The van der Waals surface area contributed by atoms with Gasteiger partial charge in [0, 0.05) is 17.8 Å². The lowest BCUT2D eigenvalue weighted by Crippen LogP contribution is -2.35. The van der Waals surface area contributed by atoms with Crippen LogP contribution in [0.5, 0.6) is 0 Å². The average molecular weight is 275 g/mol. The van der Waals surface area contributed by atoms with Gasteiger partial charge < -0.3 is 5.32 Å². The number of aryl methyl sites for hydroxylation is 1. The van der Waals surface area contributed by atoms with Crippen molar-refractivity contribution in [3.63, 3.8) is 0 Å². The van der Waals surface area contributed by atoms with Crippen LogP contribution >= 0.6 is 11.8 Å². The molecule has 0 bridgehead atoms. The highest BCUT2D eigenvalue weighted by molar-refractivity contribution is 8.00. The summed E-state index contributed by atoms with van der Waals surface area (Å²) in [6.07, 6.45) is 6.77. The van der Waals surface area contributed by atoms with Gasteiger partial charge in [-0.3, -0.25) is 0 Å². The van der Waals surface area contributed by atoms with Crippen molar-refractivity contribution < 1.29 is 0 Å². The quantitative estimate of drug-likeness (QED) is 0.892. The summed E-state index contributed by atoms with van der Waals surface area (Å²) in [6, 6.07) is 9.04. The number of thioether (sulfide) groups is 1. The molecule has 2 unspecified atom stereocenters. The monoisotopic (exact) mass is 275 g/mol. The molecule has 0 aromatic heterocycles. The first kappa shape index (κ1) is 13.5. The maximum atomic E-state index is 3.76. The summed E-state index contributed by atoms with van der Waals surface area (Å²) in [5, 5.41) is 3.76. The Morgan fingerprint density at radius 2 is 2.21 bits per heavy atom. The summed E-state index contributed by atoms with van der Waals surface area (Å²) < 4.78 is 0.494. The zero-order valence-corrected chi connectivity index (χ0v) is 12.8. The van der Waals surface area contributed by atoms with Gasteiger partial charge in [0.05, 0.1) is 0 Å². The third-order valence-corrected chi connectivity index (χ3v) is 6.22. The highest BCUT2D eigenvalue weighted by Crippen LogP contribution is 2.37. The van der Waals surface area contributed by atoms with Crippen molar-refractivity contribution in [2.24, 2.45) is 0 Å². The van der Waals surface area contributed by atoms with E-state index < -0.39 is 0 Å². The molecule has 0 saturated carbocycles. The molecule has 3 rings (SSSR count). The SMILES string of the molecule is CC1(CNCC2CCCc3ccccc32)CCCS1. The maximum absolute atomic E-state index is 3.76. The molecule has 1 aromatic carbocycles. The second-order valence-corrected chi connectivity index (χ2v) is 8.00. The number of rotatable bonds is 4. The Kier molecular flexibility index (Phi) is 4.18. The number of hydrogen-bond acceptors (Lipinski definition) is 2. The number of fused-ring (bicyclic) bond motifs is 1. The first-order chi connectivity index (χ1) is 9.27. The fourth-order valence-corrected chi connectivity index (χ4v) is 4.83. The van der Waals surface area contributed by atoms with Gasteiger partial charge in [0.25, 0.3) is 0 Å². The molecule has 2 atom stereocenters. The molecule has 1 heterocycles. The van der Waals surface area contributed by atoms with Gasteiger partial charge in [0.15, 0.2) is 0 Å². The van der Waals surface area contributed by atoms with Crippen LogP contribution in [0.2, 0.25) is 0 Å². The molecule has 1 nitrogen and oxygen atoms in total. The van der Waals surface area contributed by atoms with E-state index in [0.717, 1.165) is 12.5 Å².